The molecule has 4 rings (SSSR count). The van der Waals surface area contributed by atoms with Crippen molar-refractivity contribution in [3.63, 3.8) is 0 Å². The fraction of sp³-hybridized carbons (Fsp3) is 0.143. The first-order valence-corrected chi connectivity index (χ1v) is 8.32. The molecule has 4 aromatic rings. The van der Waals surface area contributed by atoms with E-state index >= 15 is 0 Å². The Hall–Kier alpha value is -3.14. The Morgan fingerprint density at radius 3 is 2.80 bits per heavy atom. The average Bonchev–Trinajstić information content (AvgIpc) is 2.60. The minimum Gasteiger partial charge on any atom is -0.380 e. The molecule has 0 amide bonds. The summed E-state index contributed by atoms with van der Waals surface area (Å²) in [5, 5.41) is 5.52. The molecule has 2 N–H and O–H groups in total. The Morgan fingerprint density at radius 1 is 1.04 bits per heavy atom. The number of hydrogen-bond acceptors (Lipinski definition) is 3. The molecular formula is C21H19N3O. The first-order valence-electron chi connectivity index (χ1n) is 8.32. The number of H-pyrrole nitrogens is 1. The van der Waals surface area contributed by atoms with Crippen LogP contribution in [-0.4, -0.2) is 9.97 Å². The monoisotopic (exact) mass is 329 g/mol. The van der Waals surface area contributed by atoms with Gasteiger partial charge in [0.2, 0.25) is 0 Å². The van der Waals surface area contributed by atoms with Crippen molar-refractivity contribution in [1.29, 1.82) is 0 Å². The zero-order chi connectivity index (χ0) is 17.4. The van der Waals surface area contributed by atoms with Gasteiger partial charge in [0.15, 0.2) is 0 Å². The van der Waals surface area contributed by atoms with Crippen molar-refractivity contribution in [1.82, 2.24) is 9.97 Å². The van der Waals surface area contributed by atoms with Gasteiger partial charge < -0.3 is 10.3 Å². The molecule has 124 valence electrons. The van der Waals surface area contributed by atoms with Crippen LogP contribution in [0.2, 0.25) is 0 Å². The van der Waals surface area contributed by atoms with Crippen molar-refractivity contribution in [2.45, 2.75) is 20.4 Å². The molecule has 2 aromatic carbocycles. The number of aromatic amines is 1. The molecule has 0 bridgehead atoms. The zero-order valence-corrected chi connectivity index (χ0v) is 14.3. The van der Waals surface area contributed by atoms with Gasteiger partial charge in [-0.2, -0.15) is 0 Å². The second kappa shape index (κ2) is 6.06. The van der Waals surface area contributed by atoms with Gasteiger partial charge in [0.1, 0.15) is 0 Å². The van der Waals surface area contributed by atoms with Gasteiger partial charge in [-0.15, -0.1) is 0 Å². The largest absolute Gasteiger partial charge is 0.380 e. The van der Waals surface area contributed by atoms with Crippen LogP contribution in [-0.2, 0) is 6.54 Å². The number of anilines is 1. The molecule has 0 aliphatic rings. The molecule has 0 aliphatic carbocycles. The summed E-state index contributed by atoms with van der Waals surface area (Å²) in [6.07, 6.45) is 1.78. The highest BCUT2D eigenvalue weighted by Crippen LogP contribution is 2.22. The number of aromatic nitrogens is 2. The molecule has 0 fully saturated rings. The van der Waals surface area contributed by atoms with E-state index in [1.807, 2.05) is 49.4 Å². The van der Waals surface area contributed by atoms with Gasteiger partial charge in [-0.25, -0.2) is 0 Å². The van der Waals surface area contributed by atoms with Crippen LogP contribution in [0.25, 0.3) is 21.8 Å². The lowest BCUT2D eigenvalue weighted by Gasteiger charge is -2.11. The van der Waals surface area contributed by atoms with Crippen molar-refractivity contribution < 1.29 is 0 Å². The summed E-state index contributed by atoms with van der Waals surface area (Å²) in [7, 11) is 0. The van der Waals surface area contributed by atoms with E-state index in [2.05, 4.69) is 28.3 Å². The average molecular weight is 329 g/mol. The topological polar surface area (TPSA) is 57.8 Å². The van der Waals surface area contributed by atoms with Crippen molar-refractivity contribution in [2.24, 2.45) is 0 Å². The minimum absolute atomic E-state index is 0.0524. The molecule has 4 nitrogen and oxygen atoms in total. The Morgan fingerprint density at radius 2 is 1.92 bits per heavy atom. The maximum absolute atomic E-state index is 12.4. The maximum atomic E-state index is 12.4. The van der Waals surface area contributed by atoms with Crippen LogP contribution in [0.3, 0.4) is 0 Å². The van der Waals surface area contributed by atoms with Crippen molar-refractivity contribution in [3.05, 3.63) is 81.8 Å². The summed E-state index contributed by atoms with van der Waals surface area (Å²) in [5.41, 5.74) is 5.79. The van der Waals surface area contributed by atoms with Gasteiger partial charge in [-0.3, -0.25) is 9.78 Å². The third-order valence-electron chi connectivity index (χ3n) is 4.50. The van der Waals surface area contributed by atoms with Gasteiger partial charge in [-0.1, -0.05) is 12.1 Å². The van der Waals surface area contributed by atoms with Crippen LogP contribution in [0.1, 0.15) is 16.7 Å². The number of benzene rings is 2. The van der Waals surface area contributed by atoms with Crippen molar-refractivity contribution in [2.75, 3.05) is 5.32 Å². The molecular weight excluding hydrogens is 310 g/mol. The van der Waals surface area contributed by atoms with Gasteiger partial charge in [0.05, 0.1) is 5.52 Å². The van der Waals surface area contributed by atoms with Crippen LogP contribution < -0.4 is 10.9 Å². The van der Waals surface area contributed by atoms with Gasteiger partial charge in [0.25, 0.3) is 5.56 Å². The molecule has 2 heterocycles. The van der Waals surface area contributed by atoms with Crippen LogP contribution in [0.4, 0.5) is 5.69 Å². The van der Waals surface area contributed by atoms with E-state index in [1.165, 1.54) is 5.56 Å². The Bertz CT molecular complexity index is 1140. The fourth-order valence-electron chi connectivity index (χ4n) is 3.30. The van der Waals surface area contributed by atoms with E-state index in [9.17, 15) is 4.79 Å². The molecule has 0 unspecified atom stereocenters. The molecule has 0 aliphatic heterocycles. The van der Waals surface area contributed by atoms with E-state index < -0.39 is 0 Å². The highest BCUT2D eigenvalue weighted by atomic mass is 16.1. The number of hydrogen-bond donors (Lipinski definition) is 2. The van der Waals surface area contributed by atoms with Crippen molar-refractivity contribution >= 4 is 27.5 Å². The molecule has 4 heteroatoms. The van der Waals surface area contributed by atoms with E-state index in [1.54, 1.807) is 6.20 Å². The fourth-order valence-corrected chi connectivity index (χ4v) is 3.30. The van der Waals surface area contributed by atoms with Gasteiger partial charge in [0, 0.05) is 40.3 Å². The van der Waals surface area contributed by atoms with E-state index in [0.717, 1.165) is 38.6 Å². The minimum atomic E-state index is -0.0524. The van der Waals surface area contributed by atoms with Gasteiger partial charge in [-0.05, 0) is 61.4 Å². The number of nitrogens with one attached hydrogen (secondary N) is 2. The number of fused-ring (bicyclic) bond motifs is 2. The smallest absolute Gasteiger partial charge is 0.253 e. The summed E-state index contributed by atoms with van der Waals surface area (Å²) < 4.78 is 0. The second-order valence-corrected chi connectivity index (χ2v) is 6.40. The Labute approximate surface area is 145 Å². The van der Waals surface area contributed by atoms with E-state index in [4.69, 9.17) is 0 Å². The Kier molecular flexibility index (Phi) is 3.73. The van der Waals surface area contributed by atoms with E-state index in [-0.39, 0.29) is 5.56 Å². The third-order valence-corrected chi connectivity index (χ3v) is 4.50. The van der Waals surface area contributed by atoms with E-state index in [0.29, 0.717) is 6.54 Å². The summed E-state index contributed by atoms with van der Waals surface area (Å²) in [5.74, 6) is 0. The molecule has 25 heavy (non-hydrogen) atoms. The Balaban J connectivity index is 1.71. The zero-order valence-electron chi connectivity index (χ0n) is 14.3. The number of aryl methyl sites for hydroxylation is 2. The van der Waals surface area contributed by atoms with Gasteiger partial charge >= 0.3 is 0 Å². The normalized spacial score (nSPS) is 11.1. The van der Waals surface area contributed by atoms with Crippen LogP contribution >= 0.6 is 0 Å². The highest BCUT2D eigenvalue weighted by molar-refractivity contribution is 5.91. The van der Waals surface area contributed by atoms with Crippen molar-refractivity contribution in [3.8, 4) is 0 Å². The predicted molar refractivity (Wildman–Crippen MR) is 103 cm³/mol. The molecule has 0 saturated heterocycles. The standard InChI is InChI=1S/C21H19N3O/c1-13-9-14(2)17-11-15(21(25)24-20(17)10-13)12-23-19-7-3-6-18-16(19)5-4-8-22-18/h3-11,23H,12H2,1-2H3,(H,24,25). The van der Waals surface area contributed by atoms with Crippen LogP contribution in [0, 0.1) is 13.8 Å². The number of rotatable bonds is 3. The summed E-state index contributed by atoms with van der Waals surface area (Å²) in [6.45, 7) is 4.57. The third kappa shape index (κ3) is 2.87. The lowest BCUT2D eigenvalue weighted by Crippen LogP contribution is -2.16. The second-order valence-electron chi connectivity index (χ2n) is 6.40. The van der Waals surface area contributed by atoms with Crippen LogP contribution in [0.5, 0.6) is 0 Å². The summed E-state index contributed by atoms with van der Waals surface area (Å²) >= 11 is 0. The molecule has 0 radical (unpaired) electrons. The molecule has 0 atom stereocenters. The lowest BCUT2D eigenvalue weighted by molar-refractivity contribution is 1.09. The van der Waals surface area contributed by atoms with Crippen LogP contribution in [0.15, 0.2) is 59.5 Å². The first-order chi connectivity index (χ1) is 12.1. The summed E-state index contributed by atoms with van der Waals surface area (Å²) in [6, 6.07) is 16.0. The first kappa shape index (κ1) is 15.4. The highest BCUT2D eigenvalue weighted by Gasteiger charge is 2.07. The quantitative estimate of drug-likeness (QED) is 0.589. The number of nitrogens with zero attached hydrogens (tertiary/aromatic N) is 1. The number of pyridine rings is 2. The maximum Gasteiger partial charge on any atom is 0.253 e. The molecule has 0 saturated carbocycles. The molecule has 2 aromatic heterocycles. The predicted octanol–water partition coefficient (Wildman–Crippen LogP) is 4.31. The SMILES string of the molecule is Cc1cc(C)c2cc(CNc3cccc4ncccc34)c(=O)[nH]c2c1. The lowest BCUT2D eigenvalue weighted by atomic mass is 10.0. The molecule has 0 spiro atoms. The summed E-state index contributed by atoms with van der Waals surface area (Å²) in [4.78, 5) is 19.8.